The van der Waals surface area contributed by atoms with Gasteiger partial charge in [-0.2, -0.15) is 4.98 Å². The Balaban J connectivity index is 1.12. The molecule has 1 amide bonds. The van der Waals surface area contributed by atoms with Gasteiger partial charge in [0.1, 0.15) is 0 Å². The van der Waals surface area contributed by atoms with Crippen molar-refractivity contribution in [2.24, 2.45) is 5.92 Å². The van der Waals surface area contributed by atoms with Crippen LogP contribution in [-0.4, -0.2) is 58.6 Å². The average Bonchev–Trinajstić information content (AvgIpc) is 3.45. The molecule has 7 heteroatoms. The molecule has 0 atom stereocenters. The number of hydrogen-bond acceptors (Lipinski definition) is 6. The van der Waals surface area contributed by atoms with Gasteiger partial charge in [-0.3, -0.25) is 9.69 Å². The first-order chi connectivity index (χ1) is 14.3. The van der Waals surface area contributed by atoms with Crippen LogP contribution in [0.3, 0.4) is 0 Å². The molecule has 3 heterocycles. The van der Waals surface area contributed by atoms with Gasteiger partial charge in [0.2, 0.25) is 17.6 Å². The molecule has 1 aliphatic carbocycles. The molecule has 2 aromatic heterocycles. The van der Waals surface area contributed by atoms with Crippen molar-refractivity contribution in [3.8, 4) is 10.7 Å². The zero-order valence-corrected chi connectivity index (χ0v) is 18.0. The van der Waals surface area contributed by atoms with E-state index in [1.165, 1.54) is 32.1 Å². The fraction of sp³-hybridized carbons (Fsp3) is 0.682. The molecule has 1 aliphatic heterocycles. The van der Waals surface area contributed by atoms with E-state index < -0.39 is 0 Å². The number of carbonyl (C=O) groups is 1. The maximum absolute atomic E-state index is 12.5. The van der Waals surface area contributed by atoms with Crippen LogP contribution < -0.4 is 0 Å². The summed E-state index contributed by atoms with van der Waals surface area (Å²) < 4.78 is 5.38. The van der Waals surface area contributed by atoms with E-state index in [9.17, 15) is 4.79 Å². The van der Waals surface area contributed by atoms with Crippen LogP contribution in [0.4, 0.5) is 0 Å². The molecule has 2 aliphatic rings. The summed E-state index contributed by atoms with van der Waals surface area (Å²) in [4.78, 5) is 22.6. The summed E-state index contributed by atoms with van der Waals surface area (Å²) in [6.45, 7) is 4.69. The van der Waals surface area contributed by atoms with E-state index in [0.717, 1.165) is 69.2 Å². The Kier molecular flexibility index (Phi) is 7.33. The molecule has 0 aromatic carbocycles. The Bertz CT molecular complexity index is 747. The number of rotatable bonds is 8. The highest BCUT2D eigenvalue weighted by molar-refractivity contribution is 7.13. The third-order valence-corrected chi connectivity index (χ3v) is 7.16. The molecule has 158 valence electrons. The van der Waals surface area contributed by atoms with Crippen LogP contribution >= 0.6 is 11.3 Å². The fourth-order valence-corrected chi connectivity index (χ4v) is 5.15. The van der Waals surface area contributed by atoms with Crippen LogP contribution in [0.2, 0.25) is 0 Å². The van der Waals surface area contributed by atoms with Crippen LogP contribution in [0.1, 0.15) is 57.3 Å². The van der Waals surface area contributed by atoms with E-state index in [1.54, 1.807) is 11.3 Å². The second-order valence-corrected chi connectivity index (χ2v) is 9.31. The van der Waals surface area contributed by atoms with Gasteiger partial charge in [0.05, 0.1) is 4.88 Å². The van der Waals surface area contributed by atoms with Gasteiger partial charge < -0.3 is 9.42 Å². The molecule has 0 bridgehead atoms. The van der Waals surface area contributed by atoms with Gasteiger partial charge in [0, 0.05) is 39.0 Å². The number of nitrogens with zero attached hydrogens (tertiary/aromatic N) is 4. The van der Waals surface area contributed by atoms with Gasteiger partial charge in [0.15, 0.2) is 0 Å². The molecule has 0 unspecified atom stereocenters. The number of piperazine rings is 1. The Morgan fingerprint density at radius 3 is 2.76 bits per heavy atom. The zero-order chi connectivity index (χ0) is 19.9. The minimum Gasteiger partial charge on any atom is -0.340 e. The van der Waals surface area contributed by atoms with Crippen molar-refractivity contribution >= 4 is 17.2 Å². The van der Waals surface area contributed by atoms with Crippen molar-refractivity contribution in [3.63, 3.8) is 0 Å². The van der Waals surface area contributed by atoms with Gasteiger partial charge >= 0.3 is 0 Å². The van der Waals surface area contributed by atoms with Gasteiger partial charge in [0.25, 0.3) is 0 Å². The molecular weight excluding hydrogens is 384 g/mol. The minimum atomic E-state index is 0.363. The lowest BCUT2D eigenvalue weighted by atomic mass is 9.86. The molecule has 2 fully saturated rings. The second-order valence-electron chi connectivity index (χ2n) is 8.36. The highest BCUT2D eigenvalue weighted by atomic mass is 32.1. The molecule has 1 saturated carbocycles. The van der Waals surface area contributed by atoms with Gasteiger partial charge in [-0.05, 0) is 36.8 Å². The maximum atomic E-state index is 12.5. The second kappa shape index (κ2) is 10.3. The Labute approximate surface area is 177 Å². The van der Waals surface area contributed by atoms with E-state index >= 15 is 0 Å². The number of thiophene rings is 1. The van der Waals surface area contributed by atoms with Crippen LogP contribution in [0.25, 0.3) is 10.7 Å². The summed E-state index contributed by atoms with van der Waals surface area (Å²) in [5, 5.41) is 6.09. The molecule has 0 radical (unpaired) electrons. The van der Waals surface area contributed by atoms with Crippen molar-refractivity contribution in [3.05, 3.63) is 23.4 Å². The summed E-state index contributed by atoms with van der Waals surface area (Å²) in [5.41, 5.74) is 0. The Morgan fingerprint density at radius 1 is 1.17 bits per heavy atom. The molecule has 1 saturated heterocycles. The third kappa shape index (κ3) is 5.89. The SMILES string of the molecule is O=C(CCC1CCCCC1)N1CCN(CCCc2nc(-c3cccs3)no2)CC1. The highest BCUT2D eigenvalue weighted by Crippen LogP contribution is 2.27. The average molecular weight is 417 g/mol. The van der Waals surface area contributed by atoms with Crippen molar-refractivity contribution in [1.29, 1.82) is 0 Å². The van der Waals surface area contributed by atoms with Crippen LogP contribution in [-0.2, 0) is 11.2 Å². The van der Waals surface area contributed by atoms with E-state index in [4.69, 9.17) is 4.52 Å². The normalized spacial score (nSPS) is 19.0. The van der Waals surface area contributed by atoms with Crippen LogP contribution in [0, 0.1) is 5.92 Å². The molecule has 2 aromatic rings. The number of hydrogen-bond donors (Lipinski definition) is 0. The highest BCUT2D eigenvalue weighted by Gasteiger charge is 2.22. The van der Waals surface area contributed by atoms with E-state index in [1.807, 2.05) is 17.5 Å². The molecule has 0 spiro atoms. The zero-order valence-electron chi connectivity index (χ0n) is 17.2. The summed E-state index contributed by atoms with van der Waals surface area (Å²) >= 11 is 1.62. The van der Waals surface area contributed by atoms with Crippen molar-refractivity contribution in [2.45, 2.75) is 57.8 Å². The van der Waals surface area contributed by atoms with Crippen molar-refractivity contribution in [2.75, 3.05) is 32.7 Å². The molecule has 4 rings (SSSR count). The number of aryl methyl sites for hydroxylation is 1. The Hall–Kier alpha value is -1.73. The molecule has 29 heavy (non-hydrogen) atoms. The quantitative estimate of drug-likeness (QED) is 0.644. The molecular formula is C22H32N4O2S. The smallest absolute Gasteiger partial charge is 0.227 e. The molecule has 6 nitrogen and oxygen atoms in total. The summed E-state index contributed by atoms with van der Waals surface area (Å²) in [7, 11) is 0. The van der Waals surface area contributed by atoms with E-state index in [-0.39, 0.29) is 0 Å². The first-order valence-corrected chi connectivity index (χ1v) is 12.0. The Morgan fingerprint density at radius 2 is 2.00 bits per heavy atom. The first-order valence-electron chi connectivity index (χ1n) is 11.1. The maximum Gasteiger partial charge on any atom is 0.227 e. The standard InChI is InChI=1S/C22H32N4O2S/c27-21(11-10-18-6-2-1-3-7-18)26-15-13-25(14-16-26)12-4-9-20-23-22(24-28-20)19-8-5-17-29-19/h5,8,17-18H,1-4,6-7,9-16H2. The van der Waals surface area contributed by atoms with Gasteiger partial charge in [-0.25, -0.2) is 0 Å². The topological polar surface area (TPSA) is 62.5 Å². The third-order valence-electron chi connectivity index (χ3n) is 6.29. The fourth-order valence-electron chi connectivity index (χ4n) is 4.50. The lowest BCUT2D eigenvalue weighted by molar-refractivity contribution is -0.133. The molecule has 0 N–H and O–H groups in total. The predicted molar refractivity (Wildman–Crippen MR) is 115 cm³/mol. The summed E-state index contributed by atoms with van der Waals surface area (Å²) in [6.07, 6.45) is 10.4. The van der Waals surface area contributed by atoms with Gasteiger partial charge in [-0.1, -0.05) is 43.3 Å². The number of aromatic nitrogens is 2. The summed E-state index contributed by atoms with van der Waals surface area (Å²) in [6, 6.07) is 4.01. The van der Waals surface area contributed by atoms with Crippen LogP contribution in [0.15, 0.2) is 22.0 Å². The monoisotopic (exact) mass is 416 g/mol. The number of amides is 1. The van der Waals surface area contributed by atoms with E-state index in [0.29, 0.717) is 17.6 Å². The van der Waals surface area contributed by atoms with E-state index in [2.05, 4.69) is 19.9 Å². The van der Waals surface area contributed by atoms with Crippen molar-refractivity contribution in [1.82, 2.24) is 19.9 Å². The number of carbonyl (C=O) groups excluding carboxylic acids is 1. The largest absolute Gasteiger partial charge is 0.340 e. The van der Waals surface area contributed by atoms with Crippen molar-refractivity contribution < 1.29 is 9.32 Å². The lowest BCUT2D eigenvalue weighted by Gasteiger charge is -2.35. The first kappa shape index (κ1) is 20.5. The van der Waals surface area contributed by atoms with Crippen LogP contribution in [0.5, 0.6) is 0 Å². The lowest BCUT2D eigenvalue weighted by Crippen LogP contribution is -2.48. The van der Waals surface area contributed by atoms with Gasteiger partial charge in [-0.15, -0.1) is 11.3 Å². The minimum absolute atomic E-state index is 0.363. The summed E-state index contributed by atoms with van der Waals surface area (Å²) in [5.74, 6) is 2.56. The predicted octanol–water partition coefficient (Wildman–Crippen LogP) is 4.24.